The Morgan fingerprint density at radius 1 is 1.27 bits per heavy atom. The van der Waals surface area contributed by atoms with Gasteiger partial charge in [-0.1, -0.05) is 35.3 Å². The highest BCUT2D eigenvalue weighted by molar-refractivity contribution is 6.39. The van der Waals surface area contributed by atoms with Crippen molar-refractivity contribution in [2.45, 2.75) is 18.9 Å². The Bertz CT molecular complexity index is 714. The number of nitrogens with zero attached hydrogens (tertiary/aromatic N) is 1. The van der Waals surface area contributed by atoms with E-state index in [2.05, 4.69) is 16.4 Å². The normalized spacial score (nSPS) is 16.2. The summed E-state index contributed by atoms with van der Waals surface area (Å²) >= 11 is 12.0. The summed E-state index contributed by atoms with van der Waals surface area (Å²) in [6, 6.07) is 5.94. The van der Waals surface area contributed by atoms with Crippen molar-refractivity contribution in [3.05, 3.63) is 57.3 Å². The van der Waals surface area contributed by atoms with Crippen LogP contribution in [0, 0.1) is 0 Å². The second kappa shape index (κ2) is 6.15. The van der Waals surface area contributed by atoms with Gasteiger partial charge in [-0.15, -0.1) is 0 Å². The standard InChI is InChI=1S/C16H14Cl2N2O2/c1-22-14-4-2-3-9-5-10(6-11(9)14)20-16(21)15-12(17)7-19-8-13(15)18/h2-4,7-8,10H,5-6H2,1H3,(H,20,21)/t10-/m0/s1. The topological polar surface area (TPSA) is 51.2 Å². The molecule has 2 aromatic rings. The third-order valence-corrected chi connectivity index (χ3v) is 4.36. The van der Waals surface area contributed by atoms with Gasteiger partial charge in [0.1, 0.15) is 5.75 Å². The second-order valence-corrected chi connectivity index (χ2v) is 5.97. The molecule has 0 fully saturated rings. The molecule has 1 atom stereocenters. The molecule has 0 bridgehead atoms. The summed E-state index contributed by atoms with van der Waals surface area (Å²) in [5, 5.41) is 3.48. The van der Waals surface area contributed by atoms with E-state index in [1.165, 1.54) is 18.0 Å². The summed E-state index contributed by atoms with van der Waals surface area (Å²) in [4.78, 5) is 16.3. The number of rotatable bonds is 3. The quantitative estimate of drug-likeness (QED) is 0.935. The molecule has 1 aliphatic rings. The van der Waals surface area contributed by atoms with Gasteiger partial charge in [0.2, 0.25) is 0 Å². The zero-order chi connectivity index (χ0) is 15.7. The predicted octanol–water partition coefficient (Wildman–Crippen LogP) is 3.29. The number of carbonyl (C=O) groups is 1. The average Bonchev–Trinajstić information content (AvgIpc) is 2.89. The molecule has 1 N–H and O–H groups in total. The number of methoxy groups -OCH3 is 1. The molecule has 0 aliphatic heterocycles. The number of nitrogens with one attached hydrogen (secondary N) is 1. The Hall–Kier alpha value is -1.78. The maximum atomic E-state index is 12.4. The first-order chi connectivity index (χ1) is 10.6. The fourth-order valence-electron chi connectivity index (χ4n) is 2.80. The molecule has 22 heavy (non-hydrogen) atoms. The summed E-state index contributed by atoms with van der Waals surface area (Å²) in [6.45, 7) is 0. The van der Waals surface area contributed by atoms with Gasteiger partial charge < -0.3 is 10.1 Å². The first-order valence-electron chi connectivity index (χ1n) is 6.84. The van der Waals surface area contributed by atoms with E-state index in [-0.39, 0.29) is 27.6 Å². The van der Waals surface area contributed by atoms with Crippen LogP contribution in [0.15, 0.2) is 30.6 Å². The summed E-state index contributed by atoms with van der Waals surface area (Å²) in [6.07, 6.45) is 4.31. The summed E-state index contributed by atoms with van der Waals surface area (Å²) in [7, 11) is 1.65. The molecule has 0 saturated carbocycles. The number of halogens is 2. The minimum absolute atomic E-state index is 0.000835. The van der Waals surface area contributed by atoms with Crippen LogP contribution >= 0.6 is 23.2 Å². The van der Waals surface area contributed by atoms with E-state index in [4.69, 9.17) is 27.9 Å². The van der Waals surface area contributed by atoms with Crippen molar-refractivity contribution in [1.82, 2.24) is 10.3 Å². The van der Waals surface area contributed by atoms with Crippen molar-refractivity contribution in [3.8, 4) is 5.75 Å². The van der Waals surface area contributed by atoms with E-state index in [0.29, 0.717) is 0 Å². The molecule has 1 heterocycles. The predicted molar refractivity (Wildman–Crippen MR) is 85.9 cm³/mol. The Kier molecular flexibility index (Phi) is 4.23. The Morgan fingerprint density at radius 2 is 2.00 bits per heavy atom. The molecule has 6 heteroatoms. The van der Waals surface area contributed by atoms with E-state index in [9.17, 15) is 4.79 Å². The van der Waals surface area contributed by atoms with Gasteiger partial charge >= 0.3 is 0 Å². The second-order valence-electron chi connectivity index (χ2n) is 5.15. The van der Waals surface area contributed by atoms with Crippen LogP contribution in [0.5, 0.6) is 5.75 Å². The number of ether oxygens (including phenoxy) is 1. The highest BCUT2D eigenvalue weighted by Gasteiger charge is 2.27. The van der Waals surface area contributed by atoms with Gasteiger partial charge in [0, 0.05) is 18.4 Å². The Labute approximate surface area is 138 Å². The lowest BCUT2D eigenvalue weighted by Crippen LogP contribution is -2.35. The maximum absolute atomic E-state index is 12.4. The molecule has 0 spiro atoms. The minimum atomic E-state index is -0.283. The fourth-order valence-corrected chi connectivity index (χ4v) is 3.33. The zero-order valence-electron chi connectivity index (χ0n) is 11.9. The van der Waals surface area contributed by atoms with Crippen molar-refractivity contribution in [2.24, 2.45) is 0 Å². The van der Waals surface area contributed by atoms with Gasteiger partial charge in [-0.25, -0.2) is 0 Å². The lowest BCUT2D eigenvalue weighted by atomic mass is 10.1. The lowest BCUT2D eigenvalue weighted by Gasteiger charge is -2.13. The third-order valence-electron chi connectivity index (χ3n) is 3.78. The highest BCUT2D eigenvalue weighted by atomic mass is 35.5. The molecule has 1 aromatic heterocycles. The highest BCUT2D eigenvalue weighted by Crippen LogP contribution is 2.31. The number of carbonyl (C=O) groups excluding carboxylic acids is 1. The van der Waals surface area contributed by atoms with Gasteiger partial charge in [-0.2, -0.15) is 0 Å². The molecule has 1 aromatic carbocycles. The van der Waals surface area contributed by atoms with Crippen molar-refractivity contribution in [1.29, 1.82) is 0 Å². The molecule has 0 saturated heterocycles. The first-order valence-corrected chi connectivity index (χ1v) is 7.60. The number of pyridine rings is 1. The molecule has 0 radical (unpaired) electrons. The molecule has 0 unspecified atom stereocenters. The van der Waals surface area contributed by atoms with Crippen LogP contribution in [-0.2, 0) is 12.8 Å². The van der Waals surface area contributed by atoms with Gasteiger partial charge in [0.25, 0.3) is 5.91 Å². The Morgan fingerprint density at radius 3 is 2.68 bits per heavy atom. The number of fused-ring (bicyclic) bond motifs is 1. The van der Waals surface area contributed by atoms with Crippen LogP contribution in [-0.4, -0.2) is 24.0 Å². The molecule has 1 amide bonds. The molecule has 4 nitrogen and oxygen atoms in total. The maximum Gasteiger partial charge on any atom is 0.254 e. The largest absolute Gasteiger partial charge is 0.496 e. The summed E-state index contributed by atoms with van der Waals surface area (Å²) in [5.41, 5.74) is 2.60. The monoisotopic (exact) mass is 336 g/mol. The smallest absolute Gasteiger partial charge is 0.254 e. The van der Waals surface area contributed by atoms with Crippen molar-refractivity contribution < 1.29 is 9.53 Å². The third kappa shape index (κ3) is 2.76. The van der Waals surface area contributed by atoms with E-state index < -0.39 is 0 Å². The van der Waals surface area contributed by atoms with Gasteiger partial charge in [-0.05, 0) is 30.0 Å². The van der Waals surface area contributed by atoms with E-state index in [1.807, 2.05) is 12.1 Å². The Balaban J connectivity index is 1.77. The van der Waals surface area contributed by atoms with Crippen molar-refractivity contribution in [2.75, 3.05) is 7.11 Å². The van der Waals surface area contributed by atoms with Gasteiger partial charge in [-0.3, -0.25) is 9.78 Å². The van der Waals surface area contributed by atoms with Crippen LogP contribution < -0.4 is 10.1 Å². The summed E-state index contributed by atoms with van der Waals surface area (Å²) in [5.74, 6) is 0.573. The number of benzene rings is 1. The number of amides is 1. The van der Waals surface area contributed by atoms with Crippen LogP contribution in [0.2, 0.25) is 10.0 Å². The van der Waals surface area contributed by atoms with Crippen LogP contribution in [0.1, 0.15) is 21.5 Å². The number of hydrogen-bond donors (Lipinski definition) is 1. The number of hydrogen-bond acceptors (Lipinski definition) is 3. The summed E-state index contributed by atoms with van der Waals surface area (Å²) < 4.78 is 5.37. The average molecular weight is 337 g/mol. The zero-order valence-corrected chi connectivity index (χ0v) is 13.4. The molecular weight excluding hydrogens is 323 g/mol. The van der Waals surface area contributed by atoms with E-state index >= 15 is 0 Å². The van der Waals surface area contributed by atoms with Gasteiger partial charge in [0.15, 0.2) is 0 Å². The van der Waals surface area contributed by atoms with Crippen molar-refractivity contribution in [3.63, 3.8) is 0 Å². The van der Waals surface area contributed by atoms with Crippen LogP contribution in [0.3, 0.4) is 0 Å². The van der Waals surface area contributed by atoms with E-state index in [0.717, 1.165) is 24.2 Å². The molecule has 114 valence electrons. The van der Waals surface area contributed by atoms with Gasteiger partial charge in [0.05, 0.1) is 22.7 Å². The minimum Gasteiger partial charge on any atom is -0.496 e. The molecule has 1 aliphatic carbocycles. The van der Waals surface area contributed by atoms with Crippen molar-refractivity contribution >= 4 is 29.1 Å². The SMILES string of the molecule is COc1cccc2c1C[C@@H](NC(=O)c1c(Cl)cncc1Cl)C2. The number of aromatic nitrogens is 1. The van der Waals surface area contributed by atoms with E-state index in [1.54, 1.807) is 7.11 Å². The molecule has 3 rings (SSSR count). The first kappa shape index (κ1) is 15.1. The fraction of sp³-hybridized carbons (Fsp3) is 0.250. The molecular formula is C16H14Cl2N2O2. The van der Waals surface area contributed by atoms with Crippen LogP contribution in [0.25, 0.3) is 0 Å². The van der Waals surface area contributed by atoms with Crippen LogP contribution in [0.4, 0.5) is 0 Å². The lowest BCUT2D eigenvalue weighted by molar-refractivity contribution is 0.0938.